The number of carbonyl (C=O) groups excluding carboxylic acids is 2. The zero-order chi connectivity index (χ0) is 17.4. The SMILES string of the molecule is CCC(CO)NC(=O)C(Cc1ccccc1)NC(=O)c1cccs1. The average Bonchev–Trinajstić information content (AvgIpc) is 3.14. The van der Waals surface area contributed by atoms with E-state index in [1.54, 1.807) is 12.1 Å². The quantitative estimate of drug-likeness (QED) is 0.684. The number of rotatable bonds is 8. The Morgan fingerprint density at radius 1 is 1.12 bits per heavy atom. The van der Waals surface area contributed by atoms with Gasteiger partial charge in [-0.2, -0.15) is 0 Å². The number of nitrogens with one attached hydrogen (secondary N) is 2. The smallest absolute Gasteiger partial charge is 0.262 e. The minimum Gasteiger partial charge on any atom is -0.394 e. The van der Waals surface area contributed by atoms with Crippen molar-refractivity contribution in [2.24, 2.45) is 0 Å². The summed E-state index contributed by atoms with van der Waals surface area (Å²) >= 11 is 1.33. The van der Waals surface area contributed by atoms with Gasteiger partial charge in [-0.15, -0.1) is 11.3 Å². The van der Waals surface area contributed by atoms with Crippen molar-refractivity contribution < 1.29 is 14.7 Å². The Balaban J connectivity index is 2.11. The largest absolute Gasteiger partial charge is 0.394 e. The van der Waals surface area contributed by atoms with E-state index in [0.717, 1.165) is 5.56 Å². The molecule has 0 fully saturated rings. The van der Waals surface area contributed by atoms with Gasteiger partial charge in [-0.3, -0.25) is 9.59 Å². The molecule has 2 amide bonds. The summed E-state index contributed by atoms with van der Waals surface area (Å²) in [4.78, 5) is 25.4. The maximum Gasteiger partial charge on any atom is 0.262 e. The molecule has 0 saturated carbocycles. The first-order valence-electron chi connectivity index (χ1n) is 7.93. The zero-order valence-corrected chi connectivity index (χ0v) is 14.4. The van der Waals surface area contributed by atoms with E-state index in [9.17, 15) is 14.7 Å². The number of thiophene rings is 1. The van der Waals surface area contributed by atoms with Crippen LogP contribution in [0.5, 0.6) is 0 Å². The van der Waals surface area contributed by atoms with Crippen LogP contribution in [0.3, 0.4) is 0 Å². The molecule has 0 spiro atoms. The second-order valence-corrected chi connectivity index (χ2v) is 6.44. The molecule has 1 aromatic carbocycles. The summed E-state index contributed by atoms with van der Waals surface area (Å²) in [6.07, 6.45) is 1.02. The number of carbonyl (C=O) groups is 2. The highest BCUT2D eigenvalue weighted by molar-refractivity contribution is 7.12. The van der Waals surface area contributed by atoms with Gasteiger partial charge >= 0.3 is 0 Å². The van der Waals surface area contributed by atoms with E-state index >= 15 is 0 Å². The Morgan fingerprint density at radius 2 is 1.88 bits per heavy atom. The number of hydrogen-bond acceptors (Lipinski definition) is 4. The maximum absolute atomic E-state index is 12.5. The predicted octanol–water partition coefficient (Wildman–Crippen LogP) is 1.98. The van der Waals surface area contributed by atoms with Crippen molar-refractivity contribution in [3.63, 3.8) is 0 Å². The van der Waals surface area contributed by atoms with Crippen molar-refractivity contribution in [2.45, 2.75) is 31.8 Å². The Labute approximate surface area is 145 Å². The fourth-order valence-electron chi connectivity index (χ4n) is 2.27. The van der Waals surface area contributed by atoms with Crippen molar-refractivity contribution in [1.29, 1.82) is 0 Å². The minimum absolute atomic E-state index is 0.126. The second-order valence-electron chi connectivity index (χ2n) is 5.49. The molecule has 2 aromatic rings. The third-order valence-electron chi connectivity index (χ3n) is 3.71. The highest BCUT2D eigenvalue weighted by Crippen LogP contribution is 2.10. The minimum atomic E-state index is -0.692. The van der Waals surface area contributed by atoms with Gasteiger partial charge in [0.25, 0.3) is 5.91 Å². The molecular formula is C18H22N2O3S. The fourth-order valence-corrected chi connectivity index (χ4v) is 2.90. The highest BCUT2D eigenvalue weighted by Gasteiger charge is 2.23. The van der Waals surface area contributed by atoms with E-state index < -0.39 is 6.04 Å². The Hall–Kier alpha value is -2.18. The molecule has 2 unspecified atom stereocenters. The summed E-state index contributed by atoms with van der Waals surface area (Å²) in [7, 11) is 0. The van der Waals surface area contributed by atoms with E-state index in [2.05, 4.69) is 10.6 Å². The van der Waals surface area contributed by atoms with Crippen LogP contribution in [0.25, 0.3) is 0 Å². The van der Waals surface area contributed by atoms with Crippen molar-refractivity contribution in [3.05, 3.63) is 58.3 Å². The molecule has 0 radical (unpaired) electrons. The van der Waals surface area contributed by atoms with E-state index in [-0.39, 0.29) is 24.5 Å². The van der Waals surface area contributed by atoms with Crippen LogP contribution in [0.2, 0.25) is 0 Å². The summed E-state index contributed by atoms with van der Waals surface area (Å²) in [6, 6.07) is 12.0. The number of hydrogen-bond donors (Lipinski definition) is 3. The molecule has 6 heteroatoms. The van der Waals surface area contributed by atoms with Gasteiger partial charge in [0.05, 0.1) is 17.5 Å². The van der Waals surface area contributed by atoms with Crippen molar-refractivity contribution in [2.75, 3.05) is 6.61 Å². The molecule has 5 nitrogen and oxygen atoms in total. The van der Waals surface area contributed by atoms with Gasteiger partial charge in [0.1, 0.15) is 6.04 Å². The fraction of sp³-hybridized carbons (Fsp3) is 0.333. The Bertz CT molecular complexity index is 640. The van der Waals surface area contributed by atoms with Crippen molar-refractivity contribution in [1.82, 2.24) is 10.6 Å². The highest BCUT2D eigenvalue weighted by atomic mass is 32.1. The van der Waals surface area contributed by atoms with E-state index in [1.165, 1.54) is 11.3 Å². The molecular weight excluding hydrogens is 324 g/mol. The van der Waals surface area contributed by atoms with Crippen LogP contribution in [0.15, 0.2) is 47.8 Å². The monoisotopic (exact) mass is 346 g/mol. The lowest BCUT2D eigenvalue weighted by Gasteiger charge is -2.21. The third kappa shape index (κ3) is 5.18. The lowest BCUT2D eigenvalue weighted by atomic mass is 10.0. The molecule has 0 aliphatic heterocycles. The molecule has 3 N–H and O–H groups in total. The van der Waals surface area contributed by atoms with Crippen LogP contribution in [0, 0.1) is 0 Å². The van der Waals surface area contributed by atoms with Crippen LogP contribution < -0.4 is 10.6 Å². The predicted molar refractivity (Wildman–Crippen MR) is 95.0 cm³/mol. The lowest BCUT2D eigenvalue weighted by molar-refractivity contribution is -0.124. The topological polar surface area (TPSA) is 78.4 Å². The first-order chi connectivity index (χ1) is 11.6. The Morgan fingerprint density at radius 3 is 2.46 bits per heavy atom. The van der Waals surface area contributed by atoms with Crippen molar-refractivity contribution in [3.8, 4) is 0 Å². The normalized spacial score (nSPS) is 13.1. The molecule has 2 rings (SSSR count). The maximum atomic E-state index is 12.5. The van der Waals surface area contributed by atoms with Crippen molar-refractivity contribution >= 4 is 23.2 Å². The van der Waals surface area contributed by atoms with Crippen LogP contribution in [0.1, 0.15) is 28.6 Å². The summed E-state index contributed by atoms with van der Waals surface area (Å²) < 4.78 is 0. The molecule has 0 bridgehead atoms. The van der Waals surface area contributed by atoms with Gasteiger partial charge < -0.3 is 15.7 Å². The zero-order valence-electron chi connectivity index (χ0n) is 13.6. The van der Waals surface area contributed by atoms with Gasteiger partial charge in [0.2, 0.25) is 5.91 Å². The Kier molecular flexibility index (Phi) is 6.96. The number of aliphatic hydroxyl groups excluding tert-OH is 1. The number of amides is 2. The molecule has 2 atom stereocenters. The van der Waals surface area contributed by atoms with Gasteiger partial charge in [-0.05, 0) is 23.4 Å². The molecule has 0 aliphatic carbocycles. The summed E-state index contributed by atoms with van der Waals surface area (Å²) in [5.74, 6) is -0.553. The third-order valence-corrected chi connectivity index (χ3v) is 4.58. The summed E-state index contributed by atoms with van der Waals surface area (Å²) in [6.45, 7) is 1.76. The molecule has 128 valence electrons. The van der Waals surface area contributed by atoms with Gasteiger partial charge in [-0.1, -0.05) is 43.3 Å². The molecule has 0 saturated heterocycles. The first kappa shape index (κ1) is 18.2. The van der Waals surface area contributed by atoms with Crippen LogP contribution in [-0.4, -0.2) is 35.6 Å². The standard InChI is InChI=1S/C18H22N2O3S/c1-2-14(12-21)19-17(22)15(11-13-7-4-3-5-8-13)20-18(23)16-9-6-10-24-16/h3-10,14-15,21H,2,11-12H2,1H3,(H,19,22)(H,20,23). The molecule has 24 heavy (non-hydrogen) atoms. The summed E-state index contributed by atoms with van der Waals surface area (Å²) in [5.41, 5.74) is 0.959. The molecule has 1 aromatic heterocycles. The molecule has 1 heterocycles. The number of benzene rings is 1. The van der Waals surface area contributed by atoms with E-state index in [1.807, 2.05) is 42.6 Å². The van der Waals surface area contributed by atoms with Crippen LogP contribution in [0.4, 0.5) is 0 Å². The van der Waals surface area contributed by atoms with E-state index in [4.69, 9.17) is 0 Å². The number of aliphatic hydroxyl groups is 1. The molecule has 0 aliphatic rings. The van der Waals surface area contributed by atoms with Gasteiger partial charge in [-0.25, -0.2) is 0 Å². The second kappa shape index (κ2) is 9.20. The summed E-state index contributed by atoms with van der Waals surface area (Å²) in [5, 5.41) is 16.7. The van der Waals surface area contributed by atoms with Gasteiger partial charge in [0.15, 0.2) is 0 Å². The van der Waals surface area contributed by atoms with E-state index in [0.29, 0.717) is 17.7 Å². The van der Waals surface area contributed by atoms with Gasteiger partial charge in [0, 0.05) is 6.42 Å². The first-order valence-corrected chi connectivity index (χ1v) is 8.81. The lowest BCUT2D eigenvalue weighted by Crippen LogP contribution is -2.51. The van der Waals surface area contributed by atoms with Crippen LogP contribution >= 0.6 is 11.3 Å². The average molecular weight is 346 g/mol. The van der Waals surface area contributed by atoms with Crippen LogP contribution in [-0.2, 0) is 11.2 Å².